The number of amides is 1. The molecule has 1 N–H and O–H groups in total. The van der Waals surface area contributed by atoms with Gasteiger partial charge in [-0.2, -0.15) is 0 Å². The lowest BCUT2D eigenvalue weighted by Crippen LogP contribution is -2.24. The average Bonchev–Trinajstić information content (AvgIpc) is 2.92. The number of pyridine rings is 1. The highest BCUT2D eigenvalue weighted by atomic mass is 16.7. The van der Waals surface area contributed by atoms with E-state index in [1.807, 2.05) is 38.1 Å². The Morgan fingerprint density at radius 3 is 2.86 bits per heavy atom. The standard InChI is InChI=1S/C16H16N2O3/c1-10-5-6-17-11(2)15(10)16(19)18-8-12-3-4-13-14(7-12)21-9-20-13/h3-7H,8-9H2,1-2H3,(H,18,19). The fourth-order valence-corrected chi connectivity index (χ4v) is 2.36. The number of nitrogens with zero attached hydrogens (tertiary/aromatic N) is 1. The number of ether oxygens (including phenoxy) is 2. The lowest BCUT2D eigenvalue weighted by Gasteiger charge is -2.10. The first-order valence-electron chi connectivity index (χ1n) is 6.74. The Balaban J connectivity index is 1.71. The smallest absolute Gasteiger partial charge is 0.253 e. The molecular formula is C16H16N2O3. The van der Waals surface area contributed by atoms with Gasteiger partial charge in [-0.25, -0.2) is 0 Å². The maximum atomic E-state index is 12.3. The summed E-state index contributed by atoms with van der Waals surface area (Å²) in [5.41, 5.74) is 3.26. The van der Waals surface area contributed by atoms with E-state index in [2.05, 4.69) is 10.3 Å². The van der Waals surface area contributed by atoms with E-state index in [-0.39, 0.29) is 12.7 Å². The molecule has 1 aromatic heterocycles. The number of aromatic nitrogens is 1. The van der Waals surface area contributed by atoms with Crippen molar-refractivity contribution >= 4 is 5.91 Å². The van der Waals surface area contributed by atoms with Crippen LogP contribution in [0.1, 0.15) is 27.2 Å². The van der Waals surface area contributed by atoms with Crippen LogP contribution in [-0.4, -0.2) is 17.7 Å². The summed E-state index contributed by atoms with van der Waals surface area (Å²) in [6.07, 6.45) is 1.71. The fraction of sp³-hybridized carbons (Fsp3) is 0.250. The molecule has 5 nitrogen and oxygen atoms in total. The van der Waals surface area contributed by atoms with Crippen molar-refractivity contribution in [1.29, 1.82) is 0 Å². The molecule has 1 amide bonds. The topological polar surface area (TPSA) is 60.5 Å². The van der Waals surface area contributed by atoms with Gasteiger partial charge in [-0.3, -0.25) is 9.78 Å². The van der Waals surface area contributed by atoms with Crippen LogP contribution in [0.3, 0.4) is 0 Å². The third-order valence-electron chi connectivity index (χ3n) is 3.47. The van der Waals surface area contributed by atoms with Gasteiger partial charge in [0.2, 0.25) is 6.79 Å². The highest BCUT2D eigenvalue weighted by Crippen LogP contribution is 2.32. The number of carbonyl (C=O) groups excluding carboxylic acids is 1. The van der Waals surface area contributed by atoms with Crippen molar-refractivity contribution in [3.8, 4) is 11.5 Å². The van der Waals surface area contributed by atoms with Crippen LogP contribution in [0.15, 0.2) is 30.5 Å². The summed E-state index contributed by atoms with van der Waals surface area (Å²) in [6, 6.07) is 7.48. The molecule has 3 rings (SSSR count). The zero-order valence-corrected chi connectivity index (χ0v) is 12.0. The van der Waals surface area contributed by atoms with Gasteiger partial charge in [-0.05, 0) is 43.2 Å². The summed E-state index contributed by atoms with van der Waals surface area (Å²) < 4.78 is 10.6. The van der Waals surface area contributed by atoms with E-state index in [1.54, 1.807) is 6.20 Å². The van der Waals surface area contributed by atoms with Crippen molar-refractivity contribution in [3.05, 3.63) is 52.8 Å². The number of hydrogen-bond donors (Lipinski definition) is 1. The monoisotopic (exact) mass is 284 g/mol. The van der Waals surface area contributed by atoms with Crippen LogP contribution in [0.4, 0.5) is 0 Å². The minimum atomic E-state index is -0.115. The van der Waals surface area contributed by atoms with Crippen LogP contribution in [0, 0.1) is 13.8 Å². The third-order valence-corrected chi connectivity index (χ3v) is 3.47. The Hall–Kier alpha value is -2.56. The van der Waals surface area contributed by atoms with Gasteiger partial charge >= 0.3 is 0 Å². The highest BCUT2D eigenvalue weighted by Gasteiger charge is 2.15. The zero-order valence-electron chi connectivity index (χ0n) is 12.0. The van der Waals surface area contributed by atoms with Crippen LogP contribution >= 0.6 is 0 Å². The number of nitrogens with one attached hydrogen (secondary N) is 1. The van der Waals surface area contributed by atoms with Gasteiger partial charge in [0.1, 0.15) is 0 Å². The van der Waals surface area contributed by atoms with E-state index in [0.29, 0.717) is 12.1 Å². The van der Waals surface area contributed by atoms with Crippen molar-refractivity contribution in [1.82, 2.24) is 10.3 Å². The van der Waals surface area contributed by atoms with E-state index in [0.717, 1.165) is 28.3 Å². The summed E-state index contributed by atoms with van der Waals surface area (Å²) in [6.45, 7) is 4.43. The maximum Gasteiger partial charge on any atom is 0.253 e. The molecule has 0 saturated carbocycles. The largest absolute Gasteiger partial charge is 0.454 e. The van der Waals surface area contributed by atoms with Crippen molar-refractivity contribution in [3.63, 3.8) is 0 Å². The molecule has 1 aromatic carbocycles. The highest BCUT2D eigenvalue weighted by molar-refractivity contribution is 5.96. The average molecular weight is 284 g/mol. The minimum absolute atomic E-state index is 0.115. The summed E-state index contributed by atoms with van der Waals surface area (Å²) in [7, 11) is 0. The number of aryl methyl sites for hydroxylation is 2. The molecule has 0 fully saturated rings. The first kappa shape index (κ1) is 13.4. The Bertz CT molecular complexity index is 678. The van der Waals surface area contributed by atoms with Crippen LogP contribution in [0.25, 0.3) is 0 Å². The van der Waals surface area contributed by atoms with Gasteiger partial charge in [0, 0.05) is 12.7 Å². The van der Waals surface area contributed by atoms with Crippen LogP contribution in [0.5, 0.6) is 11.5 Å². The second-order valence-electron chi connectivity index (χ2n) is 4.96. The predicted octanol–water partition coefficient (Wildman–Crippen LogP) is 2.36. The molecule has 0 radical (unpaired) electrons. The summed E-state index contributed by atoms with van der Waals surface area (Å²) in [4.78, 5) is 16.5. The normalized spacial score (nSPS) is 12.3. The van der Waals surface area contributed by atoms with Gasteiger partial charge in [-0.15, -0.1) is 0 Å². The Kier molecular flexibility index (Phi) is 3.48. The van der Waals surface area contributed by atoms with Crippen molar-refractivity contribution < 1.29 is 14.3 Å². The lowest BCUT2D eigenvalue weighted by atomic mass is 10.1. The number of benzene rings is 1. The Labute approximate surface area is 122 Å². The SMILES string of the molecule is Cc1ccnc(C)c1C(=O)NCc1ccc2c(c1)OCO2. The molecule has 1 aliphatic rings. The minimum Gasteiger partial charge on any atom is -0.454 e. The molecule has 5 heteroatoms. The molecule has 1 aliphatic heterocycles. The van der Waals surface area contributed by atoms with Crippen LogP contribution in [-0.2, 0) is 6.54 Å². The Morgan fingerprint density at radius 2 is 2.05 bits per heavy atom. The molecule has 0 aliphatic carbocycles. The number of carbonyl (C=O) groups is 1. The van der Waals surface area contributed by atoms with Gasteiger partial charge in [0.15, 0.2) is 11.5 Å². The molecule has 21 heavy (non-hydrogen) atoms. The molecule has 0 atom stereocenters. The van der Waals surface area contributed by atoms with Crippen molar-refractivity contribution in [2.24, 2.45) is 0 Å². The number of hydrogen-bond acceptors (Lipinski definition) is 4. The molecule has 2 aromatic rings. The predicted molar refractivity (Wildman–Crippen MR) is 77.4 cm³/mol. The van der Waals surface area contributed by atoms with E-state index >= 15 is 0 Å². The van der Waals surface area contributed by atoms with Crippen molar-refractivity contribution in [2.45, 2.75) is 20.4 Å². The molecule has 0 unspecified atom stereocenters. The van der Waals surface area contributed by atoms with E-state index in [4.69, 9.17) is 9.47 Å². The third kappa shape index (κ3) is 2.67. The summed E-state index contributed by atoms with van der Waals surface area (Å²) in [5, 5.41) is 2.91. The molecule has 0 bridgehead atoms. The molecule has 108 valence electrons. The number of rotatable bonds is 3. The zero-order chi connectivity index (χ0) is 14.8. The maximum absolute atomic E-state index is 12.3. The second-order valence-corrected chi connectivity index (χ2v) is 4.96. The molecule has 0 spiro atoms. The van der Waals surface area contributed by atoms with E-state index < -0.39 is 0 Å². The van der Waals surface area contributed by atoms with Gasteiger partial charge in [0.25, 0.3) is 5.91 Å². The van der Waals surface area contributed by atoms with E-state index in [1.165, 1.54) is 0 Å². The van der Waals surface area contributed by atoms with Crippen LogP contribution in [0.2, 0.25) is 0 Å². The number of fused-ring (bicyclic) bond motifs is 1. The fourth-order valence-electron chi connectivity index (χ4n) is 2.36. The second kappa shape index (κ2) is 5.44. The first-order chi connectivity index (χ1) is 10.1. The van der Waals surface area contributed by atoms with Crippen LogP contribution < -0.4 is 14.8 Å². The summed E-state index contributed by atoms with van der Waals surface area (Å²) >= 11 is 0. The molecule has 0 saturated heterocycles. The van der Waals surface area contributed by atoms with Gasteiger partial charge < -0.3 is 14.8 Å². The van der Waals surface area contributed by atoms with Gasteiger partial charge in [-0.1, -0.05) is 6.07 Å². The summed E-state index contributed by atoms with van der Waals surface area (Å²) in [5.74, 6) is 1.34. The van der Waals surface area contributed by atoms with Crippen molar-refractivity contribution in [2.75, 3.05) is 6.79 Å². The van der Waals surface area contributed by atoms with E-state index in [9.17, 15) is 4.79 Å². The lowest BCUT2D eigenvalue weighted by molar-refractivity contribution is 0.0949. The Morgan fingerprint density at radius 1 is 1.24 bits per heavy atom. The molecular weight excluding hydrogens is 268 g/mol. The molecule has 2 heterocycles. The quantitative estimate of drug-likeness (QED) is 0.940. The van der Waals surface area contributed by atoms with Gasteiger partial charge in [0.05, 0.1) is 11.3 Å². The first-order valence-corrected chi connectivity index (χ1v) is 6.74.